The van der Waals surface area contributed by atoms with Gasteiger partial charge in [0.15, 0.2) is 6.08 Å². The van der Waals surface area contributed by atoms with Gasteiger partial charge in [-0.25, -0.2) is 12.2 Å². The lowest BCUT2D eigenvalue weighted by Crippen LogP contribution is -1.45. The SMILES string of the molecule is [Al].[CH+]=C/C=C\C=C/C=[CH-].[HH]. The molecule has 0 aliphatic rings. The van der Waals surface area contributed by atoms with E-state index in [2.05, 4.69) is 0 Å². The average Bonchev–Trinajstić information content (AvgIpc) is 1.81. The highest BCUT2D eigenvalue weighted by atomic mass is 27.0. The van der Waals surface area contributed by atoms with Crippen molar-refractivity contribution in [3.8, 4) is 0 Å². The van der Waals surface area contributed by atoms with Gasteiger partial charge in [0, 0.05) is 31.4 Å². The third kappa shape index (κ3) is 11.1. The highest BCUT2D eigenvalue weighted by Gasteiger charge is 1.59. The molecule has 0 fully saturated rings. The van der Waals surface area contributed by atoms with Gasteiger partial charge in [-0.1, -0.05) is 0 Å². The molecule has 0 amide bonds. The minimum atomic E-state index is 0. The molecule has 45 valence electrons. The smallest absolute Gasteiger partial charge is 0.151 e. The quantitative estimate of drug-likeness (QED) is 0.313. The number of hydrogen-bond donors (Lipinski definition) is 0. The summed E-state index contributed by atoms with van der Waals surface area (Å²) in [5, 5.41) is 0. The molecule has 0 saturated heterocycles. The Hall–Kier alpha value is -0.598. The van der Waals surface area contributed by atoms with Crippen molar-refractivity contribution >= 4 is 17.4 Å². The normalized spacial score (nSPS) is 9.22. The number of hydrogen-bond acceptors (Lipinski definition) is 0. The summed E-state index contributed by atoms with van der Waals surface area (Å²) in [4.78, 5) is 0. The van der Waals surface area contributed by atoms with E-state index < -0.39 is 0 Å². The molecule has 3 radical (unpaired) electrons. The van der Waals surface area contributed by atoms with Crippen LogP contribution in [0.2, 0.25) is 0 Å². The Balaban J connectivity index is -0.000000245. The summed E-state index contributed by atoms with van der Waals surface area (Å²) in [6.45, 7) is 10.0. The molecule has 1 heteroatoms. The van der Waals surface area contributed by atoms with E-state index in [-0.39, 0.29) is 18.8 Å². The number of allylic oxidation sites excluding steroid dienone is 6. The van der Waals surface area contributed by atoms with Gasteiger partial charge in [-0.3, -0.25) is 6.58 Å². The third-order valence-corrected chi connectivity index (χ3v) is 0.556. The van der Waals surface area contributed by atoms with Crippen LogP contribution in [0.3, 0.4) is 0 Å². The van der Waals surface area contributed by atoms with Crippen LogP contribution < -0.4 is 0 Å². The molecule has 0 aromatic carbocycles. The maximum absolute atomic E-state index is 5.02. The topological polar surface area (TPSA) is 0 Å². The first kappa shape index (κ1) is 11.2. The Morgan fingerprint density at radius 3 is 2.11 bits per heavy atom. The lowest BCUT2D eigenvalue weighted by molar-refractivity contribution is 1.90. The molecule has 0 aromatic heterocycles. The molecule has 0 aliphatic carbocycles. The maximum Gasteiger partial charge on any atom is 0.151 e. The second kappa shape index (κ2) is 10.4. The van der Waals surface area contributed by atoms with E-state index >= 15 is 0 Å². The Bertz CT molecular complexity index is 109. The van der Waals surface area contributed by atoms with Gasteiger partial charge in [-0.05, 0) is 0 Å². The molecule has 0 nitrogen and oxygen atoms in total. The molecule has 0 unspecified atom stereocenters. The fourth-order valence-electron chi connectivity index (χ4n) is 0.257. The van der Waals surface area contributed by atoms with Crippen LogP contribution in [0.1, 0.15) is 1.43 Å². The van der Waals surface area contributed by atoms with E-state index in [4.69, 9.17) is 13.2 Å². The lowest BCUT2D eigenvalue weighted by atomic mass is 10.4. The standard InChI is InChI=1S/C8H8.Al.H2/c1-3-5-7-8-6-4-2;;/h1-8H;;1H/b7-5-,8-6-;;. The van der Waals surface area contributed by atoms with Crippen molar-refractivity contribution in [1.29, 1.82) is 0 Å². The molecule has 0 spiro atoms. The zero-order valence-electron chi connectivity index (χ0n) is 5.20. The highest BCUT2D eigenvalue weighted by molar-refractivity contribution is 5.75. The second-order valence-corrected chi connectivity index (χ2v) is 1.15. The van der Waals surface area contributed by atoms with Gasteiger partial charge in [-0.15, -0.1) is 6.08 Å². The van der Waals surface area contributed by atoms with Crippen molar-refractivity contribution < 1.29 is 1.43 Å². The van der Waals surface area contributed by atoms with Gasteiger partial charge < -0.3 is 0 Å². The molecule has 0 atom stereocenters. The first-order valence-electron chi connectivity index (χ1n) is 2.33. The molecule has 9 heavy (non-hydrogen) atoms. The van der Waals surface area contributed by atoms with Crippen LogP contribution in [0.4, 0.5) is 0 Å². The van der Waals surface area contributed by atoms with Crippen LogP contribution in [0.15, 0.2) is 36.5 Å². The van der Waals surface area contributed by atoms with Crippen LogP contribution in [0.25, 0.3) is 0 Å². The summed E-state index contributed by atoms with van der Waals surface area (Å²) in [5.41, 5.74) is 0. The first-order chi connectivity index (χ1) is 3.91. The van der Waals surface area contributed by atoms with E-state index in [1.54, 1.807) is 24.3 Å². The zero-order chi connectivity index (χ0) is 6.24. The molecular formula is C8H10Al. The summed E-state index contributed by atoms with van der Waals surface area (Å²) in [6.07, 6.45) is 9.95. The largest absolute Gasteiger partial charge is 0.293 e. The van der Waals surface area contributed by atoms with Crippen molar-refractivity contribution in [2.24, 2.45) is 0 Å². The second-order valence-electron chi connectivity index (χ2n) is 1.15. The molecule has 0 heterocycles. The van der Waals surface area contributed by atoms with Gasteiger partial charge in [-0.2, -0.15) is 0 Å². The summed E-state index contributed by atoms with van der Waals surface area (Å²) in [5.74, 6) is 0. The lowest BCUT2D eigenvalue weighted by Gasteiger charge is -1.71. The minimum absolute atomic E-state index is 0. The molecule has 0 rings (SSSR count). The van der Waals surface area contributed by atoms with E-state index in [1.807, 2.05) is 0 Å². The van der Waals surface area contributed by atoms with Crippen LogP contribution in [0, 0.1) is 13.2 Å². The zero-order valence-corrected chi connectivity index (χ0v) is 6.35. The summed E-state index contributed by atoms with van der Waals surface area (Å²) < 4.78 is 0. The average molecular weight is 133 g/mol. The summed E-state index contributed by atoms with van der Waals surface area (Å²) in [6, 6.07) is 0. The van der Waals surface area contributed by atoms with E-state index in [1.165, 1.54) is 12.2 Å². The Kier molecular flexibility index (Phi) is 13.0. The molecule has 0 bridgehead atoms. The number of rotatable bonds is 3. The van der Waals surface area contributed by atoms with Gasteiger partial charge in [0.05, 0.1) is 6.08 Å². The van der Waals surface area contributed by atoms with Crippen molar-refractivity contribution in [1.82, 2.24) is 0 Å². The van der Waals surface area contributed by atoms with Crippen LogP contribution in [-0.4, -0.2) is 17.4 Å². The fraction of sp³-hybridized carbons (Fsp3) is 0. The van der Waals surface area contributed by atoms with Gasteiger partial charge >= 0.3 is 0 Å². The van der Waals surface area contributed by atoms with E-state index in [0.717, 1.165) is 0 Å². The van der Waals surface area contributed by atoms with Gasteiger partial charge in [0.2, 0.25) is 0 Å². The predicted octanol–water partition coefficient (Wildman–Crippen LogP) is 1.94. The third-order valence-electron chi connectivity index (χ3n) is 0.556. The Morgan fingerprint density at radius 2 is 1.67 bits per heavy atom. The van der Waals surface area contributed by atoms with E-state index in [0.29, 0.717) is 0 Å². The van der Waals surface area contributed by atoms with Crippen LogP contribution in [0.5, 0.6) is 0 Å². The molecule has 0 saturated carbocycles. The minimum Gasteiger partial charge on any atom is -0.293 e. The monoisotopic (exact) mass is 133 g/mol. The molecule has 0 aliphatic heterocycles. The van der Waals surface area contributed by atoms with Crippen molar-refractivity contribution in [2.75, 3.05) is 0 Å². The maximum atomic E-state index is 5.02. The molecular weight excluding hydrogens is 123 g/mol. The van der Waals surface area contributed by atoms with E-state index in [9.17, 15) is 0 Å². The summed E-state index contributed by atoms with van der Waals surface area (Å²) >= 11 is 0. The van der Waals surface area contributed by atoms with Gasteiger partial charge in [0.25, 0.3) is 0 Å². The predicted molar refractivity (Wildman–Crippen MR) is 43.9 cm³/mol. The van der Waals surface area contributed by atoms with Crippen LogP contribution >= 0.6 is 0 Å². The highest BCUT2D eigenvalue weighted by Crippen LogP contribution is 1.76. The first-order valence-corrected chi connectivity index (χ1v) is 2.33. The van der Waals surface area contributed by atoms with Crippen molar-refractivity contribution in [3.05, 3.63) is 49.6 Å². The Labute approximate surface area is 68.9 Å². The van der Waals surface area contributed by atoms with Crippen molar-refractivity contribution in [2.45, 2.75) is 0 Å². The van der Waals surface area contributed by atoms with Gasteiger partial charge in [0.1, 0.15) is 0 Å². The van der Waals surface area contributed by atoms with Crippen molar-refractivity contribution in [3.63, 3.8) is 0 Å². The van der Waals surface area contributed by atoms with Crippen LogP contribution in [-0.2, 0) is 0 Å². The Morgan fingerprint density at radius 1 is 1.11 bits per heavy atom. The fourth-order valence-corrected chi connectivity index (χ4v) is 0.257. The molecule has 0 N–H and O–H groups in total. The summed E-state index contributed by atoms with van der Waals surface area (Å²) in [7, 11) is 0. The molecule has 0 aromatic rings.